The molecule has 0 spiro atoms. The first-order valence-corrected chi connectivity index (χ1v) is 12.0. The summed E-state index contributed by atoms with van der Waals surface area (Å²) < 4.78 is 0. The van der Waals surface area contributed by atoms with Gasteiger partial charge in [0.1, 0.15) is 6.17 Å². The zero-order chi connectivity index (χ0) is 19.9. The van der Waals surface area contributed by atoms with Crippen molar-refractivity contribution in [2.45, 2.75) is 103 Å². The molecule has 0 saturated carbocycles. The van der Waals surface area contributed by atoms with Gasteiger partial charge in [-0.05, 0) is 12.0 Å². The van der Waals surface area contributed by atoms with Gasteiger partial charge in [0.25, 0.3) is 0 Å². The molecule has 1 aromatic rings. The molecule has 0 radical (unpaired) electrons. The summed E-state index contributed by atoms with van der Waals surface area (Å²) in [6.45, 7) is 3.49. The minimum Gasteiger partial charge on any atom is -0.359 e. The lowest BCUT2D eigenvalue weighted by Crippen LogP contribution is -2.38. The van der Waals surface area contributed by atoms with Crippen LogP contribution < -0.4 is 0 Å². The lowest BCUT2D eigenvalue weighted by atomic mass is 10.0. The second kappa shape index (κ2) is 14.5. The van der Waals surface area contributed by atoms with Crippen LogP contribution in [-0.2, 0) is 6.42 Å². The molecule has 1 unspecified atom stereocenters. The highest BCUT2D eigenvalue weighted by molar-refractivity contribution is 5.17. The highest BCUT2D eigenvalue weighted by Crippen LogP contribution is 2.20. The summed E-state index contributed by atoms with van der Waals surface area (Å²) in [6, 6.07) is 10.9. The van der Waals surface area contributed by atoms with E-state index in [2.05, 4.69) is 66.5 Å². The fourth-order valence-electron chi connectivity index (χ4n) is 4.25. The summed E-state index contributed by atoms with van der Waals surface area (Å²) in [6.07, 6.45) is 24.6. The van der Waals surface area contributed by atoms with E-state index in [1.165, 1.54) is 95.6 Å². The Kier molecular flexibility index (Phi) is 11.9. The molecule has 1 atom stereocenters. The minimum absolute atomic E-state index is 0.486. The largest absolute Gasteiger partial charge is 0.359 e. The van der Waals surface area contributed by atoms with Crippen LogP contribution in [0.3, 0.4) is 0 Å². The Labute approximate surface area is 175 Å². The molecule has 0 amide bonds. The molecule has 0 bridgehead atoms. The highest BCUT2D eigenvalue weighted by atomic mass is 15.4. The Hall–Kier alpha value is -1.44. The quantitative estimate of drug-likeness (QED) is 0.275. The molecular weight excluding hydrogens is 340 g/mol. The van der Waals surface area contributed by atoms with Gasteiger partial charge in [0.05, 0.1) is 0 Å². The van der Waals surface area contributed by atoms with E-state index in [4.69, 9.17) is 0 Å². The molecule has 1 aromatic carbocycles. The summed E-state index contributed by atoms with van der Waals surface area (Å²) in [5.41, 5.74) is 1.43. The van der Waals surface area contributed by atoms with Crippen LogP contribution in [0.15, 0.2) is 42.7 Å². The van der Waals surface area contributed by atoms with Crippen molar-refractivity contribution in [1.82, 2.24) is 9.80 Å². The SMILES string of the molecule is CCCCCCCCCCCCCCCN1C=CN(C)C1Cc1ccccc1. The Morgan fingerprint density at radius 1 is 0.679 bits per heavy atom. The average molecular weight is 385 g/mol. The van der Waals surface area contributed by atoms with E-state index in [9.17, 15) is 0 Å². The summed E-state index contributed by atoms with van der Waals surface area (Å²) in [5, 5.41) is 0. The molecule has 1 aliphatic heterocycles. The molecule has 0 fully saturated rings. The molecule has 158 valence electrons. The maximum absolute atomic E-state index is 2.53. The number of unbranched alkanes of at least 4 members (excludes halogenated alkanes) is 12. The van der Waals surface area contributed by atoms with Gasteiger partial charge in [-0.15, -0.1) is 0 Å². The Balaban J connectivity index is 1.46. The van der Waals surface area contributed by atoms with Crippen LogP contribution in [0.25, 0.3) is 0 Å². The van der Waals surface area contributed by atoms with Crippen molar-refractivity contribution in [2.24, 2.45) is 0 Å². The fraction of sp³-hybridized carbons (Fsp3) is 0.692. The van der Waals surface area contributed by atoms with Gasteiger partial charge in [-0.1, -0.05) is 114 Å². The molecule has 28 heavy (non-hydrogen) atoms. The van der Waals surface area contributed by atoms with Crippen molar-refractivity contribution in [3.8, 4) is 0 Å². The molecule has 0 N–H and O–H groups in total. The summed E-state index contributed by atoms with van der Waals surface area (Å²) in [7, 11) is 2.20. The van der Waals surface area contributed by atoms with Crippen molar-refractivity contribution >= 4 is 0 Å². The second-order valence-electron chi connectivity index (χ2n) is 8.61. The number of hydrogen-bond donors (Lipinski definition) is 0. The number of hydrogen-bond acceptors (Lipinski definition) is 2. The molecule has 0 aliphatic carbocycles. The predicted octanol–water partition coefficient (Wildman–Crippen LogP) is 7.37. The highest BCUT2D eigenvalue weighted by Gasteiger charge is 2.23. The van der Waals surface area contributed by atoms with E-state index in [1.54, 1.807) is 0 Å². The molecule has 2 heteroatoms. The molecule has 0 saturated heterocycles. The monoisotopic (exact) mass is 384 g/mol. The Bertz CT molecular complexity index is 510. The smallest absolute Gasteiger partial charge is 0.104 e. The Morgan fingerprint density at radius 3 is 1.79 bits per heavy atom. The number of rotatable bonds is 16. The molecular formula is C26H44N2. The maximum Gasteiger partial charge on any atom is 0.104 e. The third kappa shape index (κ3) is 9.17. The summed E-state index contributed by atoms with van der Waals surface area (Å²) >= 11 is 0. The van der Waals surface area contributed by atoms with Crippen LogP contribution in [0.2, 0.25) is 0 Å². The fourth-order valence-corrected chi connectivity index (χ4v) is 4.25. The van der Waals surface area contributed by atoms with Gasteiger partial charge < -0.3 is 9.80 Å². The molecule has 2 rings (SSSR count). The van der Waals surface area contributed by atoms with Crippen LogP contribution in [0.1, 0.15) is 96.0 Å². The zero-order valence-corrected chi connectivity index (χ0v) is 18.6. The standard InChI is InChI=1S/C26H44N2/c1-3-4-5-6-7-8-9-10-11-12-13-14-18-21-28-23-22-27(2)26(28)24-25-19-16-15-17-20-25/h15-17,19-20,22-23,26H,3-14,18,21,24H2,1-2H3. The van der Waals surface area contributed by atoms with E-state index in [1.807, 2.05) is 0 Å². The number of benzene rings is 1. The topological polar surface area (TPSA) is 6.48 Å². The normalized spacial score (nSPS) is 16.3. The van der Waals surface area contributed by atoms with E-state index >= 15 is 0 Å². The molecule has 1 aliphatic rings. The first-order chi connectivity index (χ1) is 13.8. The van der Waals surface area contributed by atoms with Gasteiger partial charge >= 0.3 is 0 Å². The van der Waals surface area contributed by atoms with Crippen molar-refractivity contribution < 1.29 is 0 Å². The van der Waals surface area contributed by atoms with E-state index in [0.717, 1.165) is 6.42 Å². The first-order valence-electron chi connectivity index (χ1n) is 12.0. The van der Waals surface area contributed by atoms with Gasteiger partial charge in [-0.3, -0.25) is 0 Å². The number of nitrogens with zero attached hydrogens (tertiary/aromatic N) is 2. The zero-order valence-electron chi connectivity index (χ0n) is 18.6. The van der Waals surface area contributed by atoms with Gasteiger partial charge in [-0.25, -0.2) is 0 Å². The van der Waals surface area contributed by atoms with Crippen LogP contribution in [0.5, 0.6) is 0 Å². The molecule has 2 nitrogen and oxygen atoms in total. The van der Waals surface area contributed by atoms with E-state index in [0.29, 0.717) is 6.17 Å². The maximum atomic E-state index is 2.53. The van der Waals surface area contributed by atoms with E-state index < -0.39 is 0 Å². The van der Waals surface area contributed by atoms with Crippen molar-refractivity contribution in [1.29, 1.82) is 0 Å². The van der Waals surface area contributed by atoms with Gasteiger partial charge in [0.15, 0.2) is 0 Å². The van der Waals surface area contributed by atoms with Crippen molar-refractivity contribution in [2.75, 3.05) is 13.6 Å². The summed E-state index contributed by atoms with van der Waals surface area (Å²) in [4.78, 5) is 4.89. The second-order valence-corrected chi connectivity index (χ2v) is 8.61. The van der Waals surface area contributed by atoms with Crippen LogP contribution in [0.4, 0.5) is 0 Å². The Morgan fingerprint density at radius 2 is 1.21 bits per heavy atom. The third-order valence-electron chi connectivity index (χ3n) is 6.13. The van der Waals surface area contributed by atoms with E-state index in [-0.39, 0.29) is 0 Å². The predicted molar refractivity (Wildman–Crippen MR) is 123 cm³/mol. The van der Waals surface area contributed by atoms with Gasteiger partial charge in [0, 0.05) is 32.4 Å². The van der Waals surface area contributed by atoms with Crippen LogP contribution in [-0.4, -0.2) is 29.6 Å². The summed E-state index contributed by atoms with van der Waals surface area (Å²) in [5.74, 6) is 0. The van der Waals surface area contributed by atoms with Gasteiger partial charge in [-0.2, -0.15) is 0 Å². The number of likely N-dealkylation sites (N-methyl/N-ethyl adjacent to an activating group) is 1. The third-order valence-corrected chi connectivity index (χ3v) is 6.13. The molecule has 1 heterocycles. The molecule has 0 aromatic heterocycles. The first kappa shape index (κ1) is 22.8. The lowest BCUT2D eigenvalue weighted by Gasteiger charge is -2.30. The minimum atomic E-state index is 0.486. The van der Waals surface area contributed by atoms with Crippen molar-refractivity contribution in [3.63, 3.8) is 0 Å². The van der Waals surface area contributed by atoms with Crippen molar-refractivity contribution in [3.05, 3.63) is 48.3 Å². The average Bonchev–Trinajstić information content (AvgIpc) is 3.06. The lowest BCUT2D eigenvalue weighted by molar-refractivity contribution is 0.173. The van der Waals surface area contributed by atoms with Crippen LogP contribution >= 0.6 is 0 Å². The van der Waals surface area contributed by atoms with Crippen LogP contribution in [0, 0.1) is 0 Å². The van der Waals surface area contributed by atoms with Gasteiger partial charge in [0.2, 0.25) is 0 Å².